The minimum atomic E-state index is -3.75. The van der Waals surface area contributed by atoms with Crippen molar-refractivity contribution >= 4 is 39.0 Å². The van der Waals surface area contributed by atoms with Crippen LogP contribution in [-0.4, -0.2) is 48.4 Å². The van der Waals surface area contributed by atoms with Gasteiger partial charge in [-0.05, 0) is 63.8 Å². The molecule has 0 saturated heterocycles. The molecule has 4 rings (SSSR count). The van der Waals surface area contributed by atoms with Crippen LogP contribution in [0.5, 0.6) is 0 Å². The van der Waals surface area contributed by atoms with Crippen LogP contribution < -0.4 is 15.4 Å². The van der Waals surface area contributed by atoms with Gasteiger partial charge in [-0.15, -0.1) is 16.4 Å². The van der Waals surface area contributed by atoms with Crippen LogP contribution in [0.2, 0.25) is 0 Å². The molecule has 3 aromatic rings. The Morgan fingerprint density at radius 2 is 1.97 bits per heavy atom. The summed E-state index contributed by atoms with van der Waals surface area (Å²) < 4.78 is 34.0. The number of benzene rings is 1. The summed E-state index contributed by atoms with van der Waals surface area (Å²) in [7, 11) is -3.75. The van der Waals surface area contributed by atoms with Gasteiger partial charge in [0.2, 0.25) is 10.0 Å². The third-order valence-electron chi connectivity index (χ3n) is 5.98. The first-order valence-electron chi connectivity index (χ1n) is 12.4. The minimum absolute atomic E-state index is 0.0909. The molecule has 1 amide bonds. The molecule has 37 heavy (non-hydrogen) atoms. The number of thiazole rings is 1. The molecule has 2 heterocycles. The van der Waals surface area contributed by atoms with Crippen LogP contribution in [0.4, 0.5) is 16.3 Å². The number of rotatable bonds is 9. The zero-order valence-electron chi connectivity index (χ0n) is 21.1. The van der Waals surface area contributed by atoms with Gasteiger partial charge < -0.3 is 15.4 Å². The van der Waals surface area contributed by atoms with Gasteiger partial charge in [-0.25, -0.2) is 22.9 Å². The van der Waals surface area contributed by atoms with E-state index in [4.69, 9.17) is 4.74 Å². The van der Waals surface area contributed by atoms with Crippen molar-refractivity contribution in [1.29, 1.82) is 0 Å². The van der Waals surface area contributed by atoms with Crippen molar-refractivity contribution < 1.29 is 17.9 Å². The van der Waals surface area contributed by atoms with Gasteiger partial charge in [-0.2, -0.15) is 5.10 Å². The van der Waals surface area contributed by atoms with Crippen LogP contribution in [0.3, 0.4) is 0 Å². The molecule has 0 unspecified atom stereocenters. The highest BCUT2D eigenvalue weighted by atomic mass is 32.2. The second-order valence-electron chi connectivity index (χ2n) is 9.16. The van der Waals surface area contributed by atoms with Crippen molar-refractivity contribution in [2.75, 3.05) is 11.9 Å². The minimum Gasteiger partial charge on any atom is -0.447 e. The summed E-state index contributed by atoms with van der Waals surface area (Å²) in [5.74, 6) is 0.786. The lowest BCUT2D eigenvalue weighted by Crippen LogP contribution is -2.38. The second kappa shape index (κ2) is 12.0. The number of nitrogens with zero attached hydrogens (tertiary/aromatic N) is 3. The molecule has 1 aliphatic carbocycles. The zero-order chi connectivity index (χ0) is 26.4. The Balaban J connectivity index is 1.52. The first kappa shape index (κ1) is 27.0. The molecule has 0 radical (unpaired) electrons. The predicted octanol–water partition coefficient (Wildman–Crippen LogP) is 4.80. The molecule has 0 spiro atoms. The summed E-state index contributed by atoms with van der Waals surface area (Å²) in [5, 5.41) is 14.9. The summed E-state index contributed by atoms with van der Waals surface area (Å²) >= 11 is 1.52. The Labute approximate surface area is 221 Å². The van der Waals surface area contributed by atoms with Gasteiger partial charge in [-0.1, -0.05) is 13.0 Å². The van der Waals surface area contributed by atoms with Gasteiger partial charge in [0, 0.05) is 42.1 Å². The van der Waals surface area contributed by atoms with E-state index in [1.54, 1.807) is 43.6 Å². The molecule has 198 valence electrons. The normalized spacial score (nSPS) is 17.9. The van der Waals surface area contributed by atoms with E-state index in [1.807, 2.05) is 19.9 Å². The monoisotopic (exact) mass is 544 g/mol. The Morgan fingerprint density at radius 1 is 1.19 bits per heavy atom. The fourth-order valence-electron chi connectivity index (χ4n) is 4.31. The van der Waals surface area contributed by atoms with Crippen LogP contribution in [0.1, 0.15) is 57.4 Å². The zero-order valence-corrected chi connectivity index (χ0v) is 22.7. The van der Waals surface area contributed by atoms with E-state index in [0.29, 0.717) is 17.1 Å². The average Bonchev–Trinajstić information content (AvgIpc) is 3.35. The molecule has 12 heteroatoms. The molecule has 0 aliphatic heterocycles. The van der Waals surface area contributed by atoms with E-state index in [-0.39, 0.29) is 35.6 Å². The van der Waals surface area contributed by atoms with Crippen LogP contribution in [0.25, 0.3) is 10.4 Å². The highest BCUT2D eigenvalue weighted by Gasteiger charge is 2.27. The molecule has 2 aromatic heterocycles. The smallest absolute Gasteiger partial charge is 0.407 e. The number of sulfonamides is 1. The Morgan fingerprint density at radius 3 is 2.65 bits per heavy atom. The van der Waals surface area contributed by atoms with Crippen LogP contribution in [0, 0.1) is 0 Å². The summed E-state index contributed by atoms with van der Waals surface area (Å²) in [5.41, 5.74) is 1.19. The van der Waals surface area contributed by atoms with Crippen molar-refractivity contribution in [3.63, 3.8) is 0 Å². The maximum atomic E-state index is 13.1. The van der Waals surface area contributed by atoms with Crippen molar-refractivity contribution in [3.8, 4) is 10.4 Å². The highest BCUT2D eigenvalue weighted by Crippen LogP contribution is 2.40. The van der Waals surface area contributed by atoms with Gasteiger partial charge in [0.05, 0.1) is 20.9 Å². The number of amides is 1. The fourth-order valence-corrected chi connectivity index (χ4v) is 6.79. The largest absolute Gasteiger partial charge is 0.447 e. The summed E-state index contributed by atoms with van der Waals surface area (Å²) in [4.78, 5) is 17.5. The number of hydrogen-bond donors (Lipinski definition) is 3. The molecule has 1 aromatic carbocycles. The number of carbonyl (C=O) groups excluding carboxylic acids is 1. The van der Waals surface area contributed by atoms with Gasteiger partial charge in [0.1, 0.15) is 0 Å². The second-order valence-corrected chi connectivity index (χ2v) is 12.0. The molecule has 10 nitrogen and oxygen atoms in total. The molecule has 1 aliphatic rings. The van der Waals surface area contributed by atoms with Crippen molar-refractivity contribution in [1.82, 2.24) is 25.2 Å². The number of alkyl carbamates (subject to hydrolysis) is 1. The predicted molar refractivity (Wildman–Crippen MR) is 143 cm³/mol. The van der Waals surface area contributed by atoms with Crippen molar-refractivity contribution in [2.45, 2.75) is 69.4 Å². The number of hydrogen-bond acceptors (Lipinski definition) is 9. The maximum absolute atomic E-state index is 13.1. The number of anilines is 2. The molecule has 1 saturated carbocycles. The first-order chi connectivity index (χ1) is 17.7. The standard InChI is InChI=1S/C25H32N6O4S2/c1-4-28-37(33,34)22-14-19(29-23-6-5-13-27-31-23)11-12-20(22)21-15-26-24(36-21)17-7-9-18(10-8-17)30-25(32)35-16(2)3/h5-6,11-18,28H,4,7-10H2,1-3H3,(H,29,31)(H,30,32). The lowest BCUT2D eigenvalue weighted by atomic mass is 9.86. The number of aromatic nitrogens is 3. The molecule has 3 N–H and O–H groups in total. The van der Waals surface area contributed by atoms with Gasteiger partial charge >= 0.3 is 6.09 Å². The Kier molecular flexibility index (Phi) is 8.72. The van der Waals surface area contributed by atoms with Gasteiger partial charge in [-0.3, -0.25) is 0 Å². The van der Waals surface area contributed by atoms with E-state index >= 15 is 0 Å². The van der Waals surface area contributed by atoms with E-state index < -0.39 is 10.0 Å². The third-order valence-corrected chi connectivity index (χ3v) is 8.76. The van der Waals surface area contributed by atoms with E-state index in [0.717, 1.165) is 35.6 Å². The lowest BCUT2D eigenvalue weighted by molar-refractivity contribution is 0.109. The lowest BCUT2D eigenvalue weighted by Gasteiger charge is -2.28. The van der Waals surface area contributed by atoms with Crippen molar-refractivity contribution in [3.05, 3.63) is 47.7 Å². The van der Waals surface area contributed by atoms with E-state index in [1.165, 1.54) is 11.3 Å². The quantitative estimate of drug-likeness (QED) is 0.350. The number of nitrogens with one attached hydrogen (secondary N) is 3. The SMILES string of the molecule is CCNS(=O)(=O)c1cc(Nc2cccnn2)ccc1-c1cnc(C2CCC(NC(=O)OC(C)C)CC2)s1. The third kappa shape index (κ3) is 7.02. The van der Waals surface area contributed by atoms with Crippen LogP contribution in [-0.2, 0) is 14.8 Å². The highest BCUT2D eigenvalue weighted by molar-refractivity contribution is 7.89. The molecule has 0 atom stereocenters. The van der Waals surface area contributed by atoms with E-state index in [9.17, 15) is 13.2 Å². The summed E-state index contributed by atoms with van der Waals surface area (Å²) in [6.07, 6.45) is 6.27. The maximum Gasteiger partial charge on any atom is 0.407 e. The summed E-state index contributed by atoms with van der Waals surface area (Å²) in [6, 6.07) is 8.82. The van der Waals surface area contributed by atoms with Crippen LogP contribution >= 0.6 is 11.3 Å². The van der Waals surface area contributed by atoms with Gasteiger partial charge in [0.25, 0.3) is 0 Å². The molecular weight excluding hydrogens is 512 g/mol. The first-order valence-corrected chi connectivity index (χ1v) is 14.7. The average molecular weight is 545 g/mol. The Bertz CT molecular complexity index is 1310. The van der Waals surface area contributed by atoms with Crippen LogP contribution in [0.15, 0.2) is 47.6 Å². The molecular formula is C25H32N6O4S2. The topological polar surface area (TPSA) is 135 Å². The molecule has 0 bridgehead atoms. The molecule has 1 fully saturated rings. The fraction of sp³-hybridized carbons (Fsp3) is 0.440. The number of carbonyl (C=O) groups is 1. The van der Waals surface area contributed by atoms with Gasteiger partial charge in [0.15, 0.2) is 5.82 Å². The van der Waals surface area contributed by atoms with E-state index in [2.05, 4.69) is 30.5 Å². The Hall–Kier alpha value is -3.09. The summed E-state index contributed by atoms with van der Waals surface area (Å²) in [6.45, 7) is 5.68. The number of ether oxygens (including phenoxy) is 1. The van der Waals surface area contributed by atoms with Crippen molar-refractivity contribution in [2.24, 2.45) is 0 Å².